The summed E-state index contributed by atoms with van der Waals surface area (Å²) in [5, 5.41) is 13.0. The molecule has 15 heavy (non-hydrogen) atoms. The Hall–Kier alpha value is -0.220. The fraction of sp³-hybridized carbons (Fsp3) is 1.00. The van der Waals surface area contributed by atoms with E-state index in [1.54, 1.807) is 0 Å². The van der Waals surface area contributed by atoms with Crippen LogP contribution in [0.5, 0.6) is 0 Å². The van der Waals surface area contributed by atoms with Crippen LogP contribution in [-0.4, -0.2) is 30.2 Å². The minimum Gasteiger partial charge on any atom is -0.384 e. The van der Waals surface area contributed by atoms with Gasteiger partial charge in [0, 0.05) is 0 Å². The Labute approximate surface area is 89.1 Å². The van der Waals surface area contributed by atoms with E-state index in [4.69, 9.17) is 0 Å². The van der Waals surface area contributed by atoms with Gasteiger partial charge in [0.05, 0.1) is 0 Å². The zero-order chi connectivity index (χ0) is 10.9. The van der Waals surface area contributed by atoms with Gasteiger partial charge in [0.25, 0.3) is 6.43 Å². The van der Waals surface area contributed by atoms with E-state index in [2.05, 4.69) is 5.32 Å². The second-order valence-electron chi connectivity index (χ2n) is 5.15. The van der Waals surface area contributed by atoms with Gasteiger partial charge in [-0.1, -0.05) is 0 Å². The van der Waals surface area contributed by atoms with Crippen molar-refractivity contribution in [1.82, 2.24) is 5.32 Å². The molecule has 2 fully saturated rings. The van der Waals surface area contributed by atoms with Crippen LogP contribution in [0.25, 0.3) is 0 Å². The van der Waals surface area contributed by atoms with Crippen molar-refractivity contribution in [2.75, 3.05) is 13.1 Å². The highest BCUT2D eigenvalue weighted by molar-refractivity contribution is 4.96. The largest absolute Gasteiger partial charge is 0.384 e. The van der Waals surface area contributed by atoms with Crippen LogP contribution in [0.15, 0.2) is 0 Å². The molecule has 2 rings (SSSR count). The number of nitrogens with one attached hydrogen (secondary N) is 1. The van der Waals surface area contributed by atoms with Gasteiger partial charge in [-0.3, -0.25) is 0 Å². The van der Waals surface area contributed by atoms with Gasteiger partial charge < -0.3 is 10.4 Å². The molecule has 1 heterocycles. The molecule has 2 N–H and O–H groups in total. The molecular weight excluding hydrogens is 200 g/mol. The van der Waals surface area contributed by atoms with Gasteiger partial charge in [-0.2, -0.15) is 0 Å². The topological polar surface area (TPSA) is 32.3 Å². The summed E-state index contributed by atoms with van der Waals surface area (Å²) in [6.45, 7) is 1.99. The Morgan fingerprint density at radius 3 is 1.93 bits per heavy atom. The van der Waals surface area contributed by atoms with E-state index in [0.717, 1.165) is 38.8 Å². The number of hydrogen-bond acceptors (Lipinski definition) is 2. The molecule has 2 nitrogen and oxygen atoms in total. The predicted octanol–water partition coefficient (Wildman–Crippen LogP) is 1.93. The van der Waals surface area contributed by atoms with Crippen molar-refractivity contribution in [3.05, 3.63) is 0 Å². The van der Waals surface area contributed by atoms with Gasteiger partial charge in [0.15, 0.2) is 0 Å². The van der Waals surface area contributed by atoms with E-state index in [1.165, 1.54) is 0 Å². The molecular formula is C11H19F2NO. The molecule has 88 valence electrons. The standard InChI is InChI=1S/C11H19F2NO/c12-9(13)11(15)3-1-10(2-4-11)5-7-14-8-6-10/h9,14-15H,1-8H2. The van der Waals surface area contributed by atoms with E-state index in [-0.39, 0.29) is 18.3 Å². The smallest absolute Gasteiger partial charge is 0.266 e. The third kappa shape index (κ3) is 2.16. The fourth-order valence-electron chi connectivity index (χ4n) is 2.89. The molecule has 0 aromatic heterocycles. The average molecular weight is 219 g/mol. The second kappa shape index (κ2) is 3.98. The van der Waals surface area contributed by atoms with E-state index < -0.39 is 12.0 Å². The Bertz CT molecular complexity index is 217. The first-order chi connectivity index (χ1) is 7.06. The van der Waals surface area contributed by atoms with Crippen molar-refractivity contribution in [2.45, 2.75) is 50.6 Å². The summed E-state index contributed by atoms with van der Waals surface area (Å²) in [5.74, 6) is 0. The first-order valence-corrected chi connectivity index (χ1v) is 5.78. The summed E-state index contributed by atoms with van der Waals surface area (Å²) in [6.07, 6.45) is 1.62. The SMILES string of the molecule is OC1(C(F)F)CCC2(CCNCC2)CC1. The molecule has 0 aromatic rings. The van der Waals surface area contributed by atoms with Crippen LogP contribution in [0.4, 0.5) is 8.78 Å². The molecule has 0 radical (unpaired) electrons. The molecule has 0 unspecified atom stereocenters. The third-order valence-corrected chi connectivity index (χ3v) is 4.25. The number of aliphatic hydroxyl groups is 1. The molecule has 0 amide bonds. The van der Waals surface area contributed by atoms with Gasteiger partial charge >= 0.3 is 0 Å². The third-order valence-electron chi connectivity index (χ3n) is 4.25. The lowest BCUT2D eigenvalue weighted by Gasteiger charge is -2.46. The number of hydrogen-bond donors (Lipinski definition) is 2. The number of alkyl halides is 2. The fourth-order valence-corrected chi connectivity index (χ4v) is 2.89. The lowest BCUT2D eigenvalue weighted by Crippen LogP contribution is -2.47. The van der Waals surface area contributed by atoms with Crippen LogP contribution in [0.1, 0.15) is 38.5 Å². The highest BCUT2D eigenvalue weighted by Gasteiger charge is 2.46. The van der Waals surface area contributed by atoms with Crippen LogP contribution in [0.2, 0.25) is 0 Å². The van der Waals surface area contributed by atoms with Crippen molar-refractivity contribution < 1.29 is 13.9 Å². The molecule has 1 saturated heterocycles. The minimum atomic E-state index is -2.59. The van der Waals surface area contributed by atoms with Crippen molar-refractivity contribution in [1.29, 1.82) is 0 Å². The Kier molecular flexibility index (Phi) is 2.99. The molecule has 4 heteroatoms. The van der Waals surface area contributed by atoms with Crippen LogP contribution in [0, 0.1) is 5.41 Å². The summed E-state index contributed by atoms with van der Waals surface area (Å²) < 4.78 is 25.2. The molecule has 1 aliphatic heterocycles. The van der Waals surface area contributed by atoms with Gasteiger partial charge in [0.2, 0.25) is 0 Å². The molecule has 1 aliphatic carbocycles. The lowest BCUT2D eigenvalue weighted by molar-refractivity contribution is -0.136. The van der Waals surface area contributed by atoms with Crippen molar-refractivity contribution in [3.8, 4) is 0 Å². The first-order valence-electron chi connectivity index (χ1n) is 5.78. The molecule has 0 aromatic carbocycles. The van der Waals surface area contributed by atoms with Crippen LogP contribution >= 0.6 is 0 Å². The van der Waals surface area contributed by atoms with Crippen LogP contribution in [-0.2, 0) is 0 Å². The Balaban J connectivity index is 1.96. The summed E-state index contributed by atoms with van der Waals surface area (Å²) >= 11 is 0. The summed E-state index contributed by atoms with van der Waals surface area (Å²) in [7, 11) is 0. The van der Waals surface area contributed by atoms with Gasteiger partial charge in [-0.05, 0) is 57.0 Å². The first kappa shape index (κ1) is 11.3. The van der Waals surface area contributed by atoms with Crippen LogP contribution < -0.4 is 5.32 Å². The highest BCUT2D eigenvalue weighted by Crippen LogP contribution is 2.47. The lowest BCUT2D eigenvalue weighted by atomic mass is 9.64. The van der Waals surface area contributed by atoms with Gasteiger partial charge in [-0.25, -0.2) is 8.78 Å². The molecule has 2 aliphatic rings. The van der Waals surface area contributed by atoms with Crippen molar-refractivity contribution >= 4 is 0 Å². The van der Waals surface area contributed by atoms with E-state index in [1.807, 2.05) is 0 Å². The van der Waals surface area contributed by atoms with E-state index in [9.17, 15) is 13.9 Å². The predicted molar refractivity (Wildman–Crippen MR) is 54.0 cm³/mol. The zero-order valence-corrected chi connectivity index (χ0v) is 8.94. The maximum atomic E-state index is 12.6. The van der Waals surface area contributed by atoms with E-state index in [0.29, 0.717) is 0 Å². The zero-order valence-electron chi connectivity index (χ0n) is 8.94. The highest BCUT2D eigenvalue weighted by atomic mass is 19.3. The number of piperidine rings is 1. The molecule has 0 atom stereocenters. The Morgan fingerprint density at radius 2 is 1.47 bits per heavy atom. The minimum absolute atomic E-state index is 0.242. The van der Waals surface area contributed by atoms with Crippen molar-refractivity contribution in [2.24, 2.45) is 5.41 Å². The number of halogens is 2. The van der Waals surface area contributed by atoms with Gasteiger partial charge in [0.1, 0.15) is 5.60 Å². The summed E-state index contributed by atoms with van der Waals surface area (Å²) in [4.78, 5) is 0. The quantitative estimate of drug-likeness (QED) is 0.706. The average Bonchev–Trinajstić information content (AvgIpc) is 2.24. The molecule has 1 saturated carbocycles. The second-order valence-corrected chi connectivity index (χ2v) is 5.15. The summed E-state index contributed by atoms with van der Waals surface area (Å²) in [6, 6.07) is 0. The summed E-state index contributed by atoms with van der Waals surface area (Å²) in [5.41, 5.74) is -1.46. The maximum Gasteiger partial charge on any atom is 0.266 e. The Morgan fingerprint density at radius 1 is 0.933 bits per heavy atom. The van der Waals surface area contributed by atoms with Crippen LogP contribution in [0.3, 0.4) is 0 Å². The van der Waals surface area contributed by atoms with E-state index >= 15 is 0 Å². The van der Waals surface area contributed by atoms with Gasteiger partial charge in [-0.15, -0.1) is 0 Å². The molecule has 0 bridgehead atoms. The van der Waals surface area contributed by atoms with Crippen molar-refractivity contribution in [3.63, 3.8) is 0 Å². The maximum absolute atomic E-state index is 12.6. The molecule has 1 spiro atoms. The monoisotopic (exact) mass is 219 g/mol. The normalized spacial score (nSPS) is 29.6. The number of rotatable bonds is 1.